The summed E-state index contributed by atoms with van der Waals surface area (Å²) in [7, 11) is 0. The van der Waals surface area contributed by atoms with E-state index in [2.05, 4.69) is 5.32 Å². The monoisotopic (exact) mass is 349 g/mol. The van der Waals surface area contributed by atoms with Gasteiger partial charge in [0, 0.05) is 18.3 Å². The molecule has 1 aromatic heterocycles. The molecule has 1 amide bonds. The normalized spacial score (nSPS) is 10.2. The average molecular weight is 349 g/mol. The van der Waals surface area contributed by atoms with E-state index < -0.39 is 18.4 Å². The highest BCUT2D eigenvalue weighted by Crippen LogP contribution is 2.18. The molecule has 0 saturated carbocycles. The van der Waals surface area contributed by atoms with Crippen molar-refractivity contribution >= 4 is 29.0 Å². The van der Waals surface area contributed by atoms with Crippen molar-refractivity contribution in [3.8, 4) is 0 Å². The second-order valence-electron chi connectivity index (χ2n) is 5.01. The highest BCUT2D eigenvalue weighted by Gasteiger charge is 2.14. The molecule has 1 N–H and O–H groups in total. The zero-order valence-corrected chi connectivity index (χ0v) is 13.8. The third kappa shape index (κ3) is 5.27. The number of rotatable bonds is 7. The highest BCUT2D eigenvalue weighted by atomic mass is 32.1. The summed E-state index contributed by atoms with van der Waals surface area (Å²) in [4.78, 5) is 36.0. The first-order valence-corrected chi connectivity index (χ1v) is 8.06. The summed E-state index contributed by atoms with van der Waals surface area (Å²) in [6.07, 6.45) is 0.626. The van der Waals surface area contributed by atoms with Crippen LogP contribution in [0.25, 0.3) is 0 Å². The fraction of sp³-hybridized carbons (Fsp3) is 0.235. The van der Waals surface area contributed by atoms with Gasteiger partial charge in [0.25, 0.3) is 0 Å². The molecular weight excluding hydrogens is 333 g/mol. The molecule has 5 nitrogen and oxygen atoms in total. The molecule has 0 saturated heterocycles. The molecular formula is C17H16FNO4S. The number of nitrogens with one attached hydrogen (secondary N) is 1. The number of Topliss-reactive ketones (excluding diaryl/α,β-unsaturated/α-hetero) is 1. The molecule has 126 valence electrons. The first-order chi connectivity index (χ1) is 11.5. The Morgan fingerprint density at radius 1 is 1.21 bits per heavy atom. The molecule has 0 aliphatic carbocycles. The number of esters is 1. The predicted molar refractivity (Wildman–Crippen MR) is 87.7 cm³/mol. The Balaban J connectivity index is 1.85. The maximum atomic E-state index is 13.0. The minimum atomic E-state index is -0.745. The van der Waals surface area contributed by atoms with Crippen LogP contribution in [0.2, 0.25) is 0 Å². The van der Waals surface area contributed by atoms with Crippen LogP contribution in [0.4, 0.5) is 4.39 Å². The molecule has 1 heterocycles. The van der Waals surface area contributed by atoms with E-state index in [1.807, 2.05) is 0 Å². The third-order valence-corrected chi connectivity index (χ3v) is 4.26. The van der Waals surface area contributed by atoms with Crippen molar-refractivity contribution in [1.82, 2.24) is 5.32 Å². The van der Waals surface area contributed by atoms with Crippen LogP contribution in [0, 0.1) is 5.82 Å². The minimum absolute atomic E-state index is 0.0602. The van der Waals surface area contributed by atoms with Gasteiger partial charge in [0.1, 0.15) is 5.82 Å². The minimum Gasteiger partial charge on any atom is -0.454 e. The van der Waals surface area contributed by atoms with Crippen molar-refractivity contribution in [1.29, 1.82) is 0 Å². The number of halogens is 1. The lowest BCUT2D eigenvalue weighted by molar-refractivity contribution is -0.118. The van der Waals surface area contributed by atoms with E-state index in [1.165, 1.54) is 36.5 Å². The van der Waals surface area contributed by atoms with Gasteiger partial charge in [-0.3, -0.25) is 9.59 Å². The van der Waals surface area contributed by atoms with E-state index in [-0.39, 0.29) is 17.3 Å². The van der Waals surface area contributed by atoms with Crippen molar-refractivity contribution < 1.29 is 23.5 Å². The van der Waals surface area contributed by atoms with Crippen LogP contribution >= 0.6 is 11.3 Å². The molecule has 0 radical (unpaired) electrons. The zero-order chi connectivity index (χ0) is 17.5. The number of carbonyl (C=O) groups is 3. The first-order valence-electron chi connectivity index (χ1n) is 7.25. The summed E-state index contributed by atoms with van der Waals surface area (Å²) in [5, 5.41) is 2.68. The van der Waals surface area contributed by atoms with E-state index in [0.717, 1.165) is 10.9 Å². The van der Waals surface area contributed by atoms with Gasteiger partial charge in [-0.1, -0.05) is 6.07 Å². The molecule has 7 heteroatoms. The Morgan fingerprint density at radius 2 is 2.00 bits per heavy atom. The lowest BCUT2D eigenvalue weighted by atomic mass is 10.2. The molecule has 0 aliphatic heterocycles. The van der Waals surface area contributed by atoms with E-state index in [4.69, 9.17) is 4.74 Å². The summed E-state index contributed by atoms with van der Waals surface area (Å²) in [5.74, 6) is -1.72. The Bertz CT molecular complexity index is 757. The lowest BCUT2D eigenvalue weighted by Gasteiger charge is -2.03. The molecule has 0 unspecified atom stereocenters. The van der Waals surface area contributed by atoms with Crippen molar-refractivity contribution in [2.45, 2.75) is 13.3 Å². The second-order valence-corrected chi connectivity index (χ2v) is 6.18. The Hall–Kier alpha value is -2.54. The van der Waals surface area contributed by atoms with Gasteiger partial charge in [-0.15, -0.1) is 11.3 Å². The number of carbonyl (C=O) groups excluding carboxylic acids is 3. The smallest absolute Gasteiger partial charge is 0.338 e. The fourth-order valence-electron chi connectivity index (χ4n) is 1.92. The summed E-state index contributed by atoms with van der Waals surface area (Å²) in [5.41, 5.74) is 0.0602. The number of amides is 1. The Kier molecular flexibility index (Phi) is 6.20. The van der Waals surface area contributed by atoms with Gasteiger partial charge >= 0.3 is 5.97 Å². The van der Waals surface area contributed by atoms with Gasteiger partial charge in [0.15, 0.2) is 6.61 Å². The third-order valence-electron chi connectivity index (χ3n) is 3.08. The molecule has 0 aliphatic rings. The van der Waals surface area contributed by atoms with Crippen molar-refractivity contribution in [3.05, 3.63) is 57.5 Å². The standard InChI is InChI=1S/C17H16FNO4S/c1-11(20)19-8-7-14-5-6-16(24-14)15(21)10-23-17(22)12-3-2-4-13(18)9-12/h2-6,9H,7-8,10H2,1H3,(H,19,20). The summed E-state index contributed by atoms with van der Waals surface area (Å²) in [6, 6.07) is 8.55. The summed E-state index contributed by atoms with van der Waals surface area (Å²) in [6.45, 7) is 1.54. The van der Waals surface area contributed by atoms with Gasteiger partial charge < -0.3 is 10.1 Å². The SMILES string of the molecule is CC(=O)NCCc1ccc(C(=O)COC(=O)c2cccc(F)c2)s1. The van der Waals surface area contributed by atoms with E-state index in [9.17, 15) is 18.8 Å². The average Bonchev–Trinajstić information content (AvgIpc) is 3.01. The number of ether oxygens (including phenoxy) is 1. The molecule has 0 bridgehead atoms. The Morgan fingerprint density at radius 3 is 2.71 bits per heavy atom. The molecule has 1 aromatic carbocycles. The predicted octanol–water partition coefficient (Wildman–Crippen LogP) is 2.61. The molecule has 2 rings (SSSR count). The number of ketones is 1. The van der Waals surface area contributed by atoms with Crippen LogP contribution in [0.3, 0.4) is 0 Å². The zero-order valence-electron chi connectivity index (χ0n) is 13.0. The molecule has 0 atom stereocenters. The molecule has 24 heavy (non-hydrogen) atoms. The first kappa shape index (κ1) is 17.8. The van der Waals surface area contributed by atoms with E-state index >= 15 is 0 Å². The van der Waals surface area contributed by atoms with Gasteiger partial charge in [0.2, 0.25) is 11.7 Å². The maximum Gasteiger partial charge on any atom is 0.338 e. The molecule has 0 spiro atoms. The van der Waals surface area contributed by atoms with E-state index in [1.54, 1.807) is 12.1 Å². The molecule has 2 aromatic rings. The van der Waals surface area contributed by atoms with Gasteiger partial charge in [-0.25, -0.2) is 9.18 Å². The number of thiophene rings is 1. The molecule has 0 fully saturated rings. The van der Waals surface area contributed by atoms with Crippen LogP contribution in [0.1, 0.15) is 31.8 Å². The number of hydrogen-bond acceptors (Lipinski definition) is 5. The maximum absolute atomic E-state index is 13.0. The van der Waals surface area contributed by atoms with Gasteiger partial charge in [-0.2, -0.15) is 0 Å². The number of benzene rings is 1. The van der Waals surface area contributed by atoms with Crippen LogP contribution in [-0.2, 0) is 16.0 Å². The highest BCUT2D eigenvalue weighted by molar-refractivity contribution is 7.14. The number of hydrogen-bond donors (Lipinski definition) is 1. The van der Waals surface area contributed by atoms with Crippen LogP contribution in [0.5, 0.6) is 0 Å². The quantitative estimate of drug-likeness (QED) is 0.616. The van der Waals surface area contributed by atoms with Crippen molar-refractivity contribution in [2.75, 3.05) is 13.2 Å². The van der Waals surface area contributed by atoms with Crippen LogP contribution in [-0.4, -0.2) is 30.8 Å². The van der Waals surface area contributed by atoms with Crippen LogP contribution in [0.15, 0.2) is 36.4 Å². The fourth-order valence-corrected chi connectivity index (χ4v) is 2.86. The van der Waals surface area contributed by atoms with Crippen molar-refractivity contribution in [3.63, 3.8) is 0 Å². The van der Waals surface area contributed by atoms with E-state index in [0.29, 0.717) is 17.8 Å². The van der Waals surface area contributed by atoms with Gasteiger partial charge in [0.05, 0.1) is 10.4 Å². The second kappa shape index (κ2) is 8.35. The van der Waals surface area contributed by atoms with Crippen LogP contribution < -0.4 is 5.32 Å². The van der Waals surface area contributed by atoms with Gasteiger partial charge in [-0.05, 0) is 36.8 Å². The topological polar surface area (TPSA) is 72.5 Å². The largest absolute Gasteiger partial charge is 0.454 e. The Labute approximate surface area is 142 Å². The lowest BCUT2D eigenvalue weighted by Crippen LogP contribution is -2.22. The van der Waals surface area contributed by atoms with Crippen molar-refractivity contribution in [2.24, 2.45) is 0 Å². The summed E-state index contributed by atoms with van der Waals surface area (Å²) >= 11 is 1.29. The summed E-state index contributed by atoms with van der Waals surface area (Å²) < 4.78 is 18.0.